The van der Waals surface area contributed by atoms with Crippen molar-refractivity contribution in [2.75, 3.05) is 6.26 Å². The summed E-state index contributed by atoms with van der Waals surface area (Å²) < 4.78 is 0.428. The zero-order valence-electron chi connectivity index (χ0n) is 6.25. The van der Waals surface area contributed by atoms with Crippen LogP contribution in [0.3, 0.4) is 0 Å². The molecule has 2 N–H and O–H groups in total. The van der Waals surface area contributed by atoms with E-state index in [1.165, 1.54) is 4.91 Å². The van der Waals surface area contributed by atoms with Crippen LogP contribution in [0, 0.1) is 0 Å². The molecule has 1 aliphatic carbocycles. The molecule has 0 saturated heterocycles. The minimum Gasteiger partial charge on any atom is -0.398 e. The molecular formula is C8H10INS. The van der Waals surface area contributed by atoms with Crippen LogP contribution in [-0.4, -0.2) is 10.2 Å². The van der Waals surface area contributed by atoms with E-state index in [0.29, 0.717) is 3.92 Å². The quantitative estimate of drug-likeness (QED) is 0.589. The summed E-state index contributed by atoms with van der Waals surface area (Å²) in [7, 11) is 0. The van der Waals surface area contributed by atoms with E-state index in [9.17, 15) is 0 Å². The van der Waals surface area contributed by atoms with E-state index in [4.69, 9.17) is 5.73 Å². The Morgan fingerprint density at radius 2 is 2.27 bits per heavy atom. The third-order valence-electron chi connectivity index (χ3n) is 1.42. The SMILES string of the molecule is CSC1=C(N)C=CC=CC1I. The molecule has 1 rings (SSSR count). The van der Waals surface area contributed by atoms with Crippen LogP contribution in [0.5, 0.6) is 0 Å². The summed E-state index contributed by atoms with van der Waals surface area (Å²) in [5.74, 6) is 0. The number of halogens is 1. The molecule has 0 bridgehead atoms. The predicted octanol–water partition coefficient (Wildman–Crippen LogP) is 2.45. The largest absolute Gasteiger partial charge is 0.398 e. The van der Waals surface area contributed by atoms with Gasteiger partial charge in [0.05, 0.1) is 3.92 Å². The first-order valence-electron chi connectivity index (χ1n) is 3.28. The van der Waals surface area contributed by atoms with Crippen molar-refractivity contribution in [3.63, 3.8) is 0 Å². The Bertz CT molecular complexity index is 230. The number of allylic oxidation sites excluding steroid dienone is 5. The Labute approximate surface area is 84.9 Å². The van der Waals surface area contributed by atoms with Gasteiger partial charge in [-0.1, -0.05) is 40.8 Å². The average molecular weight is 279 g/mol. The van der Waals surface area contributed by atoms with Gasteiger partial charge in [-0.05, 0) is 12.3 Å². The number of hydrogen-bond donors (Lipinski definition) is 1. The van der Waals surface area contributed by atoms with Gasteiger partial charge in [0.25, 0.3) is 0 Å². The lowest BCUT2D eigenvalue weighted by Gasteiger charge is -2.08. The smallest absolute Gasteiger partial charge is 0.0622 e. The Hall–Kier alpha value is 0.100. The molecule has 0 aromatic rings. The molecule has 1 nitrogen and oxygen atoms in total. The van der Waals surface area contributed by atoms with Crippen LogP contribution < -0.4 is 5.73 Å². The van der Waals surface area contributed by atoms with Crippen molar-refractivity contribution in [2.24, 2.45) is 5.73 Å². The number of thioether (sulfide) groups is 1. The Balaban J connectivity index is 2.96. The molecule has 11 heavy (non-hydrogen) atoms. The molecular weight excluding hydrogens is 269 g/mol. The van der Waals surface area contributed by atoms with Gasteiger partial charge in [0.1, 0.15) is 0 Å². The number of rotatable bonds is 1. The molecule has 0 spiro atoms. The Morgan fingerprint density at radius 3 is 2.91 bits per heavy atom. The molecule has 1 aliphatic rings. The third-order valence-corrected chi connectivity index (χ3v) is 3.81. The van der Waals surface area contributed by atoms with Crippen molar-refractivity contribution in [2.45, 2.75) is 3.92 Å². The van der Waals surface area contributed by atoms with Crippen molar-refractivity contribution >= 4 is 34.4 Å². The van der Waals surface area contributed by atoms with Gasteiger partial charge in [-0.2, -0.15) is 0 Å². The molecule has 1 unspecified atom stereocenters. The Morgan fingerprint density at radius 1 is 1.55 bits per heavy atom. The molecule has 0 heterocycles. The Kier molecular flexibility index (Phi) is 3.51. The molecule has 0 saturated carbocycles. The van der Waals surface area contributed by atoms with Crippen LogP contribution >= 0.6 is 34.4 Å². The van der Waals surface area contributed by atoms with E-state index in [0.717, 1.165) is 5.70 Å². The first-order chi connectivity index (χ1) is 5.25. The van der Waals surface area contributed by atoms with Crippen molar-refractivity contribution in [1.29, 1.82) is 0 Å². The van der Waals surface area contributed by atoms with Gasteiger partial charge < -0.3 is 5.73 Å². The fourth-order valence-corrected chi connectivity index (χ4v) is 2.85. The lowest BCUT2D eigenvalue weighted by molar-refractivity contribution is 1.33. The minimum atomic E-state index is 0.428. The fourth-order valence-electron chi connectivity index (χ4n) is 0.880. The zero-order chi connectivity index (χ0) is 8.27. The maximum atomic E-state index is 5.81. The van der Waals surface area contributed by atoms with Crippen molar-refractivity contribution < 1.29 is 0 Å². The van der Waals surface area contributed by atoms with E-state index in [1.54, 1.807) is 11.8 Å². The molecule has 0 radical (unpaired) electrons. The summed E-state index contributed by atoms with van der Waals surface area (Å²) in [6, 6.07) is 0. The molecule has 0 amide bonds. The van der Waals surface area contributed by atoms with E-state index in [1.807, 2.05) is 18.2 Å². The monoisotopic (exact) mass is 279 g/mol. The second-order valence-electron chi connectivity index (χ2n) is 2.17. The maximum Gasteiger partial charge on any atom is 0.0622 e. The van der Waals surface area contributed by atoms with Crippen LogP contribution in [0.15, 0.2) is 34.9 Å². The molecule has 1 atom stereocenters. The van der Waals surface area contributed by atoms with Crippen molar-refractivity contribution in [3.05, 3.63) is 34.9 Å². The van der Waals surface area contributed by atoms with E-state index < -0.39 is 0 Å². The highest BCUT2D eigenvalue weighted by Gasteiger charge is 2.09. The van der Waals surface area contributed by atoms with Crippen LogP contribution in [0.25, 0.3) is 0 Å². The van der Waals surface area contributed by atoms with E-state index in [-0.39, 0.29) is 0 Å². The number of nitrogens with two attached hydrogens (primary N) is 1. The summed E-state index contributed by atoms with van der Waals surface area (Å²) >= 11 is 4.09. The summed E-state index contributed by atoms with van der Waals surface area (Å²) in [4.78, 5) is 1.25. The highest BCUT2D eigenvalue weighted by atomic mass is 127. The zero-order valence-corrected chi connectivity index (χ0v) is 9.22. The van der Waals surface area contributed by atoms with Crippen LogP contribution in [0.4, 0.5) is 0 Å². The van der Waals surface area contributed by atoms with Gasteiger partial charge in [0.2, 0.25) is 0 Å². The van der Waals surface area contributed by atoms with Crippen LogP contribution in [0.2, 0.25) is 0 Å². The normalized spacial score (nSPS) is 24.0. The van der Waals surface area contributed by atoms with E-state index in [2.05, 4.69) is 34.9 Å². The highest BCUT2D eigenvalue weighted by Crippen LogP contribution is 2.27. The summed E-state index contributed by atoms with van der Waals surface area (Å²) in [6.45, 7) is 0. The lowest BCUT2D eigenvalue weighted by atomic mass is 10.3. The second kappa shape index (κ2) is 4.21. The minimum absolute atomic E-state index is 0.428. The van der Waals surface area contributed by atoms with Crippen LogP contribution in [-0.2, 0) is 0 Å². The molecule has 3 heteroatoms. The molecule has 0 aromatic carbocycles. The summed E-state index contributed by atoms with van der Waals surface area (Å²) in [5.41, 5.74) is 6.70. The highest BCUT2D eigenvalue weighted by molar-refractivity contribution is 14.1. The van der Waals surface area contributed by atoms with Gasteiger partial charge in [-0.25, -0.2) is 0 Å². The second-order valence-corrected chi connectivity index (χ2v) is 4.36. The molecule has 60 valence electrons. The van der Waals surface area contributed by atoms with Gasteiger partial charge in [0.15, 0.2) is 0 Å². The molecule has 0 fully saturated rings. The van der Waals surface area contributed by atoms with Gasteiger partial charge in [-0.3, -0.25) is 0 Å². The molecule has 0 aromatic heterocycles. The van der Waals surface area contributed by atoms with Crippen molar-refractivity contribution in [1.82, 2.24) is 0 Å². The first-order valence-corrected chi connectivity index (χ1v) is 5.75. The maximum absolute atomic E-state index is 5.81. The lowest BCUT2D eigenvalue weighted by Crippen LogP contribution is -2.03. The van der Waals surface area contributed by atoms with Crippen molar-refractivity contribution in [3.8, 4) is 0 Å². The summed E-state index contributed by atoms with van der Waals surface area (Å²) in [6.07, 6.45) is 10.2. The van der Waals surface area contributed by atoms with Crippen LogP contribution in [0.1, 0.15) is 0 Å². The fraction of sp³-hybridized carbons (Fsp3) is 0.250. The molecule has 0 aliphatic heterocycles. The summed E-state index contributed by atoms with van der Waals surface area (Å²) in [5, 5.41) is 0. The van der Waals surface area contributed by atoms with E-state index >= 15 is 0 Å². The first kappa shape index (κ1) is 9.19. The van der Waals surface area contributed by atoms with Gasteiger partial charge in [-0.15, -0.1) is 11.8 Å². The standard InChI is InChI=1S/C8H10INS/c1-11-8-6(9)4-2-3-5-7(8)10/h2-6H,10H2,1H3. The van der Waals surface area contributed by atoms with Gasteiger partial charge in [0, 0.05) is 10.6 Å². The predicted molar refractivity (Wildman–Crippen MR) is 60.8 cm³/mol. The topological polar surface area (TPSA) is 26.0 Å². The van der Waals surface area contributed by atoms with Gasteiger partial charge >= 0.3 is 0 Å². The average Bonchev–Trinajstić information content (AvgIpc) is 2.12. The number of hydrogen-bond acceptors (Lipinski definition) is 2. The third kappa shape index (κ3) is 2.27. The number of alkyl halides is 1.